The van der Waals surface area contributed by atoms with Gasteiger partial charge in [-0.2, -0.15) is 0 Å². The predicted molar refractivity (Wildman–Crippen MR) is 76.3 cm³/mol. The van der Waals surface area contributed by atoms with Crippen LogP contribution in [-0.2, 0) is 9.63 Å². The zero-order chi connectivity index (χ0) is 15.7. The Morgan fingerprint density at radius 3 is 2.18 bits per heavy atom. The molecule has 0 unspecified atom stereocenters. The Morgan fingerprint density at radius 1 is 1.00 bits per heavy atom. The molecule has 3 rings (SSSR count). The fourth-order valence-corrected chi connectivity index (χ4v) is 2.70. The first-order chi connectivity index (χ1) is 10.6. The van der Waals surface area contributed by atoms with Crippen molar-refractivity contribution < 1.29 is 24.0 Å². The normalized spacial score (nSPS) is 13.2. The highest BCUT2D eigenvalue weighted by molar-refractivity contribution is 7.12. The third-order valence-corrected chi connectivity index (χ3v) is 3.96. The lowest BCUT2D eigenvalue weighted by atomic mass is 10.1. The maximum Gasteiger partial charge on any atom is 0.341 e. The van der Waals surface area contributed by atoms with E-state index in [1.165, 1.54) is 23.5 Å². The number of Topliss-reactive ketones (excluding diaryl/α,β-unsaturated/α-hetero) is 1. The molecule has 0 fully saturated rings. The van der Waals surface area contributed by atoms with E-state index in [1.807, 2.05) is 0 Å². The van der Waals surface area contributed by atoms with Crippen molar-refractivity contribution >= 4 is 34.9 Å². The molecule has 1 aromatic carbocycles. The Hall–Kier alpha value is -2.80. The number of fused-ring (bicyclic) bond motifs is 1. The van der Waals surface area contributed by atoms with Crippen molar-refractivity contribution in [1.82, 2.24) is 5.06 Å². The minimum atomic E-state index is -0.951. The van der Waals surface area contributed by atoms with Crippen molar-refractivity contribution in [3.05, 3.63) is 57.8 Å². The van der Waals surface area contributed by atoms with Gasteiger partial charge < -0.3 is 4.84 Å². The van der Waals surface area contributed by atoms with E-state index in [-0.39, 0.29) is 11.1 Å². The standard InChI is InChI=1S/C15H9NO5S/c17-11(12-6-3-7-22-12)8-13(18)21-16-14(19)9-4-1-2-5-10(9)15(16)20/h1-7H,8H2. The van der Waals surface area contributed by atoms with E-state index in [9.17, 15) is 19.2 Å². The molecule has 0 bridgehead atoms. The Balaban J connectivity index is 1.69. The van der Waals surface area contributed by atoms with Crippen LogP contribution in [0.5, 0.6) is 0 Å². The van der Waals surface area contributed by atoms with Crippen molar-refractivity contribution in [1.29, 1.82) is 0 Å². The van der Waals surface area contributed by atoms with Crippen LogP contribution in [0.2, 0.25) is 0 Å². The summed E-state index contributed by atoms with van der Waals surface area (Å²) < 4.78 is 0. The fourth-order valence-electron chi connectivity index (χ4n) is 2.04. The number of rotatable bonds is 4. The number of carbonyl (C=O) groups excluding carboxylic acids is 4. The number of amides is 2. The average Bonchev–Trinajstić information content (AvgIpc) is 3.12. The first-order valence-corrected chi connectivity index (χ1v) is 7.21. The highest BCUT2D eigenvalue weighted by Crippen LogP contribution is 2.23. The zero-order valence-corrected chi connectivity index (χ0v) is 12.0. The predicted octanol–water partition coefficient (Wildman–Crippen LogP) is 2.08. The van der Waals surface area contributed by atoms with Crippen LogP contribution in [0.4, 0.5) is 0 Å². The molecular formula is C15H9NO5S. The van der Waals surface area contributed by atoms with Crippen molar-refractivity contribution in [2.45, 2.75) is 6.42 Å². The molecule has 0 atom stereocenters. The van der Waals surface area contributed by atoms with Crippen molar-refractivity contribution in [2.75, 3.05) is 0 Å². The Kier molecular flexibility index (Phi) is 3.56. The molecule has 110 valence electrons. The van der Waals surface area contributed by atoms with Gasteiger partial charge in [0.15, 0.2) is 5.78 Å². The molecule has 0 saturated carbocycles. The Bertz CT molecular complexity index is 746. The first kappa shape index (κ1) is 14.2. The van der Waals surface area contributed by atoms with Crippen LogP contribution < -0.4 is 0 Å². The minimum absolute atomic E-state index is 0.171. The van der Waals surface area contributed by atoms with E-state index in [2.05, 4.69) is 0 Å². The fraction of sp³-hybridized carbons (Fsp3) is 0.0667. The Labute approximate surface area is 128 Å². The van der Waals surface area contributed by atoms with Gasteiger partial charge in [0.2, 0.25) is 0 Å². The van der Waals surface area contributed by atoms with Gasteiger partial charge in [-0.05, 0) is 23.6 Å². The number of imide groups is 1. The Morgan fingerprint density at radius 2 is 1.64 bits per heavy atom. The molecule has 0 spiro atoms. The molecule has 0 aliphatic carbocycles. The molecule has 1 aliphatic heterocycles. The number of carbonyl (C=O) groups is 4. The second-order valence-corrected chi connectivity index (χ2v) is 5.44. The lowest BCUT2D eigenvalue weighted by Crippen LogP contribution is -2.33. The molecular weight excluding hydrogens is 306 g/mol. The van der Waals surface area contributed by atoms with Gasteiger partial charge in [0.25, 0.3) is 11.8 Å². The second-order valence-electron chi connectivity index (χ2n) is 4.49. The molecule has 0 saturated heterocycles. The summed E-state index contributed by atoms with van der Waals surface area (Å²) in [5, 5.41) is 2.11. The summed E-state index contributed by atoms with van der Waals surface area (Å²) in [5.41, 5.74) is 0.342. The van der Waals surface area contributed by atoms with Gasteiger partial charge in [-0.1, -0.05) is 23.3 Å². The molecule has 0 N–H and O–H groups in total. The number of thiophene rings is 1. The molecule has 2 heterocycles. The summed E-state index contributed by atoms with van der Waals surface area (Å²) in [6, 6.07) is 9.43. The number of hydroxylamine groups is 2. The number of benzene rings is 1. The molecule has 2 amide bonds. The molecule has 2 aromatic rings. The number of ketones is 1. The SMILES string of the molecule is O=C(CC(=O)c1cccs1)ON1C(=O)c2ccccc2C1=O. The summed E-state index contributed by atoms with van der Waals surface area (Å²) in [6.45, 7) is 0. The summed E-state index contributed by atoms with van der Waals surface area (Å²) in [4.78, 5) is 52.7. The van der Waals surface area contributed by atoms with Gasteiger partial charge in [-0.3, -0.25) is 14.4 Å². The molecule has 1 aromatic heterocycles. The van der Waals surface area contributed by atoms with E-state index in [0.717, 1.165) is 0 Å². The van der Waals surface area contributed by atoms with E-state index >= 15 is 0 Å². The van der Waals surface area contributed by atoms with Crippen LogP contribution >= 0.6 is 11.3 Å². The maximum absolute atomic E-state index is 12.0. The van der Waals surface area contributed by atoms with E-state index in [1.54, 1.807) is 29.6 Å². The zero-order valence-electron chi connectivity index (χ0n) is 11.1. The lowest BCUT2D eigenvalue weighted by Gasteiger charge is -2.12. The highest BCUT2D eigenvalue weighted by atomic mass is 32.1. The van der Waals surface area contributed by atoms with Crippen LogP contribution in [0, 0.1) is 0 Å². The van der Waals surface area contributed by atoms with E-state index in [0.29, 0.717) is 9.94 Å². The van der Waals surface area contributed by atoms with Crippen LogP contribution in [0.25, 0.3) is 0 Å². The van der Waals surface area contributed by atoms with E-state index in [4.69, 9.17) is 4.84 Å². The number of hydrogen-bond donors (Lipinski definition) is 0. The topological polar surface area (TPSA) is 80.8 Å². The van der Waals surface area contributed by atoms with Crippen LogP contribution in [0.15, 0.2) is 41.8 Å². The van der Waals surface area contributed by atoms with E-state index < -0.39 is 30.0 Å². The molecule has 7 heteroatoms. The van der Waals surface area contributed by atoms with Crippen molar-refractivity contribution in [3.8, 4) is 0 Å². The smallest absolute Gasteiger partial charge is 0.329 e. The number of hydrogen-bond acceptors (Lipinski definition) is 6. The summed E-state index contributed by atoms with van der Waals surface area (Å²) in [6.07, 6.45) is -0.534. The van der Waals surface area contributed by atoms with Gasteiger partial charge in [-0.15, -0.1) is 11.3 Å². The first-order valence-electron chi connectivity index (χ1n) is 6.33. The highest BCUT2D eigenvalue weighted by Gasteiger charge is 2.38. The third kappa shape index (κ3) is 2.42. The average molecular weight is 315 g/mol. The summed E-state index contributed by atoms with van der Waals surface area (Å²) in [5.74, 6) is -2.79. The molecule has 0 radical (unpaired) electrons. The second kappa shape index (κ2) is 5.53. The quantitative estimate of drug-likeness (QED) is 0.490. The third-order valence-electron chi connectivity index (χ3n) is 3.05. The van der Waals surface area contributed by atoms with Crippen molar-refractivity contribution in [2.24, 2.45) is 0 Å². The molecule has 6 nitrogen and oxygen atoms in total. The van der Waals surface area contributed by atoms with Gasteiger partial charge >= 0.3 is 5.97 Å². The van der Waals surface area contributed by atoms with Crippen molar-refractivity contribution in [3.63, 3.8) is 0 Å². The van der Waals surface area contributed by atoms with Gasteiger partial charge in [0.1, 0.15) is 6.42 Å². The molecule has 22 heavy (non-hydrogen) atoms. The van der Waals surface area contributed by atoms with Crippen LogP contribution in [0.1, 0.15) is 36.8 Å². The largest absolute Gasteiger partial charge is 0.341 e. The van der Waals surface area contributed by atoms with Gasteiger partial charge in [-0.25, -0.2) is 4.79 Å². The van der Waals surface area contributed by atoms with Gasteiger partial charge in [0.05, 0.1) is 16.0 Å². The summed E-state index contributed by atoms with van der Waals surface area (Å²) >= 11 is 1.20. The van der Waals surface area contributed by atoms with Crippen LogP contribution in [0.3, 0.4) is 0 Å². The maximum atomic E-state index is 12.0. The summed E-state index contributed by atoms with van der Waals surface area (Å²) in [7, 11) is 0. The minimum Gasteiger partial charge on any atom is -0.329 e. The van der Waals surface area contributed by atoms with Gasteiger partial charge in [0, 0.05) is 0 Å². The van der Waals surface area contributed by atoms with Crippen LogP contribution in [-0.4, -0.2) is 28.6 Å². The number of nitrogens with zero attached hydrogens (tertiary/aromatic N) is 1. The lowest BCUT2D eigenvalue weighted by molar-refractivity contribution is -0.167. The molecule has 1 aliphatic rings. The monoisotopic (exact) mass is 315 g/mol.